The summed E-state index contributed by atoms with van der Waals surface area (Å²) in [6, 6.07) is 1.95. The van der Waals surface area contributed by atoms with E-state index >= 15 is 0 Å². The molecular weight excluding hydrogens is 240 g/mol. The SMILES string of the molecule is CCNc1cc(N(C)CCN2CCCC2)nc(N)n1. The second kappa shape index (κ2) is 6.56. The fraction of sp³-hybridized carbons (Fsp3) is 0.692. The first kappa shape index (κ1) is 13.9. The Bertz CT molecular complexity index is 402. The highest BCUT2D eigenvalue weighted by Gasteiger charge is 2.13. The van der Waals surface area contributed by atoms with Crippen molar-refractivity contribution in [2.24, 2.45) is 0 Å². The van der Waals surface area contributed by atoms with Crippen molar-refractivity contribution in [3.63, 3.8) is 0 Å². The van der Waals surface area contributed by atoms with Crippen molar-refractivity contribution in [3.05, 3.63) is 6.07 Å². The number of aromatic nitrogens is 2. The number of hydrogen-bond donors (Lipinski definition) is 2. The summed E-state index contributed by atoms with van der Waals surface area (Å²) in [4.78, 5) is 13.1. The van der Waals surface area contributed by atoms with Crippen molar-refractivity contribution in [2.75, 3.05) is 55.7 Å². The van der Waals surface area contributed by atoms with E-state index in [0.29, 0.717) is 5.95 Å². The second-order valence-electron chi connectivity index (χ2n) is 4.97. The first-order valence-electron chi connectivity index (χ1n) is 7.01. The van der Waals surface area contributed by atoms with Gasteiger partial charge in [-0.15, -0.1) is 0 Å². The lowest BCUT2D eigenvalue weighted by molar-refractivity contribution is 0.346. The number of nitrogens with two attached hydrogens (primary N) is 1. The quantitative estimate of drug-likeness (QED) is 0.799. The van der Waals surface area contributed by atoms with Gasteiger partial charge in [0.2, 0.25) is 5.95 Å². The zero-order valence-electron chi connectivity index (χ0n) is 11.9. The molecule has 2 heterocycles. The number of hydrogen-bond acceptors (Lipinski definition) is 6. The molecule has 0 saturated carbocycles. The Morgan fingerprint density at radius 3 is 2.79 bits per heavy atom. The van der Waals surface area contributed by atoms with Crippen molar-refractivity contribution in [1.82, 2.24) is 14.9 Å². The average Bonchev–Trinajstić information content (AvgIpc) is 2.88. The maximum Gasteiger partial charge on any atom is 0.223 e. The highest BCUT2D eigenvalue weighted by atomic mass is 15.2. The molecule has 1 aliphatic heterocycles. The molecule has 0 radical (unpaired) electrons. The predicted molar refractivity (Wildman–Crippen MR) is 79.6 cm³/mol. The molecule has 0 bridgehead atoms. The summed E-state index contributed by atoms with van der Waals surface area (Å²) < 4.78 is 0. The molecule has 1 aromatic rings. The Hall–Kier alpha value is -1.56. The van der Waals surface area contributed by atoms with E-state index in [0.717, 1.165) is 31.3 Å². The molecule has 0 spiro atoms. The molecular formula is C13H24N6. The minimum atomic E-state index is 0.321. The summed E-state index contributed by atoms with van der Waals surface area (Å²) in [6.45, 7) is 7.35. The number of nitrogen functional groups attached to an aromatic ring is 1. The summed E-state index contributed by atoms with van der Waals surface area (Å²) in [5.41, 5.74) is 5.75. The van der Waals surface area contributed by atoms with Gasteiger partial charge in [0.1, 0.15) is 11.6 Å². The topological polar surface area (TPSA) is 70.3 Å². The summed E-state index contributed by atoms with van der Waals surface area (Å²) in [5, 5.41) is 3.17. The van der Waals surface area contributed by atoms with Crippen LogP contribution in [0.2, 0.25) is 0 Å². The first-order valence-corrected chi connectivity index (χ1v) is 7.01. The van der Waals surface area contributed by atoms with Crippen LogP contribution in [0, 0.1) is 0 Å². The molecule has 0 aliphatic carbocycles. The number of nitrogens with zero attached hydrogens (tertiary/aromatic N) is 4. The van der Waals surface area contributed by atoms with Crippen LogP contribution in [0.15, 0.2) is 6.07 Å². The van der Waals surface area contributed by atoms with Crippen molar-refractivity contribution >= 4 is 17.6 Å². The van der Waals surface area contributed by atoms with Crippen LogP contribution in [-0.4, -0.2) is 54.6 Å². The standard InChI is InChI=1S/C13H24N6/c1-3-15-11-10-12(17-13(14)16-11)18(2)8-9-19-6-4-5-7-19/h10H,3-9H2,1-2H3,(H3,14,15,16,17). The molecule has 106 valence electrons. The van der Waals surface area contributed by atoms with Gasteiger partial charge in [-0.25, -0.2) is 0 Å². The Kier molecular flexibility index (Phi) is 4.79. The lowest BCUT2D eigenvalue weighted by Gasteiger charge is -2.22. The molecule has 1 aromatic heterocycles. The fourth-order valence-electron chi connectivity index (χ4n) is 2.33. The Labute approximate surface area is 115 Å². The molecule has 1 fully saturated rings. The van der Waals surface area contributed by atoms with Crippen molar-refractivity contribution in [1.29, 1.82) is 0 Å². The third kappa shape index (κ3) is 3.96. The minimum Gasteiger partial charge on any atom is -0.370 e. The van der Waals surface area contributed by atoms with Gasteiger partial charge in [0.15, 0.2) is 0 Å². The highest BCUT2D eigenvalue weighted by molar-refractivity contribution is 5.52. The molecule has 6 heteroatoms. The van der Waals surface area contributed by atoms with Crippen molar-refractivity contribution in [3.8, 4) is 0 Å². The van der Waals surface area contributed by atoms with Crippen LogP contribution in [0.1, 0.15) is 19.8 Å². The van der Waals surface area contributed by atoms with Crippen molar-refractivity contribution in [2.45, 2.75) is 19.8 Å². The molecule has 1 saturated heterocycles. The summed E-state index contributed by atoms with van der Waals surface area (Å²) >= 11 is 0. The molecule has 0 atom stereocenters. The van der Waals surface area contributed by atoms with Gasteiger partial charge in [-0.05, 0) is 32.9 Å². The molecule has 0 amide bonds. The minimum absolute atomic E-state index is 0.321. The number of likely N-dealkylation sites (N-methyl/N-ethyl adjacent to an activating group) is 1. The van der Waals surface area contributed by atoms with Gasteiger partial charge < -0.3 is 20.9 Å². The van der Waals surface area contributed by atoms with Gasteiger partial charge in [0.25, 0.3) is 0 Å². The third-order valence-corrected chi connectivity index (χ3v) is 3.43. The zero-order chi connectivity index (χ0) is 13.7. The Balaban J connectivity index is 1.94. The van der Waals surface area contributed by atoms with E-state index in [-0.39, 0.29) is 0 Å². The third-order valence-electron chi connectivity index (χ3n) is 3.43. The average molecular weight is 264 g/mol. The largest absolute Gasteiger partial charge is 0.370 e. The van der Waals surface area contributed by atoms with E-state index in [1.54, 1.807) is 0 Å². The summed E-state index contributed by atoms with van der Waals surface area (Å²) in [5.74, 6) is 1.99. The van der Waals surface area contributed by atoms with E-state index in [1.807, 2.05) is 20.0 Å². The molecule has 1 aliphatic rings. The Morgan fingerprint density at radius 1 is 1.37 bits per heavy atom. The van der Waals surface area contributed by atoms with Gasteiger partial charge in [0, 0.05) is 32.7 Å². The summed E-state index contributed by atoms with van der Waals surface area (Å²) in [6.07, 6.45) is 2.66. The van der Waals surface area contributed by atoms with Crippen LogP contribution >= 0.6 is 0 Å². The maximum atomic E-state index is 5.75. The molecule has 19 heavy (non-hydrogen) atoms. The molecule has 6 nitrogen and oxygen atoms in total. The van der Waals surface area contributed by atoms with E-state index in [9.17, 15) is 0 Å². The van der Waals surface area contributed by atoms with Gasteiger partial charge in [-0.2, -0.15) is 9.97 Å². The van der Waals surface area contributed by atoms with E-state index in [1.165, 1.54) is 25.9 Å². The zero-order valence-corrected chi connectivity index (χ0v) is 11.9. The molecule has 3 N–H and O–H groups in total. The van der Waals surface area contributed by atoms with E-state index in [4.69, 9.17) is 5.73 Å². The fourth-order valence-corrected chi connectivity index (χ4v) is 2.33. The van der Waals surface area contributed by atoms with Gasteiger partial charge in [0.05, 0.1) is 0 Å². The lowest BCUT2D eigenvalue weighted by Crippen LogP contribution is -2.32. The van der Waals surface area contributed by atoms with Crippen LogP contribution in [-0.2, 0) is 0 Å². The van der Waals surface area contributed by atoms with Crippen LogP contribution < -0.4 is 16.0 Å². The first-order chi connectivity index (χ1) is 9.19. The van der Waals surface area contributed by atoms with Crippen molar-refractivity contribution < 1.29 is 0 Å². The van der Waals surface area contributed by atoms with Crippen LogP contribution in [0.3, 0.4) is 0 Å². The number of anilines is 3. The van der Waals surface area contributed by atoms with Gasteiger partial charge in [-0.1, -0.05) is 0 Å². The smallest absolute Gasteiger partial charge is 0.223 e. The Morgan fingerprint density at radius 2 is 2.11 bits per heavy atom. The molecule has 0 aromatic carbocycles. The van der Waals surface area contributed by atoms with E-state index in [2.05, 4.69) is 25.1 Å². The number of nitrogens with one attached hydrogen (secondary N) is 1. The lowest BCUT2D eigenvalue weighted by atomic mass is 10.4. The second-order valence-corrected chi connectivity index (χ2v) is 4.97. The summed E-state index contributed by atoms with van der Waals surface area (Å²) in [7, 11) is 2.05. The maximum absolute atomic E-state index is 5.75. The molecule has 0 unspecified atom stereocenters. The van der Waals surface area contributed by atoms with Crippen LogP contribution in [0.4, 0.5) is 17.6 Å². The number of likely N-dealkylation sites (tertiary alicyclic amines) is 1. The van der Waals surface area contributed by atoms with Gasteiger partial charge >= 0.3 is 0 Å². The van der Waals surface area contributed by atoms with Gasteiger partial charge in [-0.3, -0.25) is 0 Å². The van der Waals surface area contributed by atoms with Crippen LogP contribution in [0.25, 0.3) is 0 Å². The normalized spacial score (nSPS) is 15.7. The molecule has 2 rings (SSSR count). The monoisotopic (exact) mass is 264 g/mol. The van der Waals surface area contributed by atoms with Crippen LogP contribution in [0.5, 0.6) is 0 Å². The van der Waals surface area contributed by atoms with E-state index < -0.39 is 0 Å². The number of rotatable bonds is 6. The highest BCUT2D eigenvalue weighted by Crippen LogP contribution is 2.16. The predicted octanol–water partition coefficient (Wildman–Crippen LogP) is 1.02.